The van der Waals surface area contributed by atoms with E-state index in [2.05, 4.69) is 0 Å². The Bertz CT molecular complexity index is 849. The molecule has 152 valence electrons. The van der Waals surface area contributed by atoms with Crippen LogP contribution in [0.3, 0.4) is 0 Å². The molecular weight excluding hydrogens is 460 g/mol. The number of ether oxygens (including phenoxy) is 2. The number of esters is 1. The number of carbonyl (C=O) groups is 3. The summed E-state index contributed by atoms with van der Waals surface area (Å²) < 4.78 is 10.6. The molecule has 1 saturated heterocycles. The summed E-state index contributed by atoms with van der Waals surface area (Å²) in [4.78, 5) is 46.0. The number of hydrogen-bond acceptors (Lipinski definition) is 8. The molecule has 1 aromatic carbocycles. The van der Waals surface area contributed by atoms with Crippen molar-refractivity contribution in [1.82, 2.24) is 0 Å². The Morgan fingerprint density at radius 2 is 2.00 bits per heavy atom. The lowest BCUT2D eigenvalue weighted by Crippen LogP contribution is -2.65. The predicted molar refractivity (Wildman–Crippen MR) is 101 cm³/mol. The maximum Gasteiger partial charge on any atom is 0.365 e. The molecule has 3 rings (SSSR count). The highest BCUT2D eigenvalue weighted by Gasteiger charge is 2.71. The van der Waals surface area contributed by atoms with Crippen molar-refractivity contribution in [3.63, 3.8) is 0 Å². The molecule has 0 aliphatic carbocycles. The summed E-state index contributed by atoms with van der Waals surface area (Å²) in [5.41, 5.74) is 8.05. The van der Waals surface area contributed by atoms with Crippen LogP contribution in [0.15, 0.2) is 36.1 Å². The quantitative estimate of drug-likeness (QED) is 0.457. The van der Waals surface area contributed by atoms with E-state index in [-0.39, 0.29) is 46.2 Å². The van der Waals surface area contributed by atoms with Crippen LogP contribution in [0.5, 0.6) is 0 Å². The van der Waals surface area contributed by atoms with Crippen LogP contribution in [0.4, 0.5) is 0 Å². The minimum Gasteiger partial charge on any atom is -0.497 e. The minimum atomic E-state index is -1.94. The zero-order valence-corrected chi connectivity index (χ0v) is 17.1. The van der Waals surface area contributed by atoms with E-state index in [0.29, 0.717) is 0 Å². The Balaban J connectivity index is 0.00000280. The van der Waals surface area contributed by atoms with Crippen LogP contribution in [0, 0.1) is 0 Å². The number of nitrogens with two attached hydrogens (primary N) is 2. The molecule has 0 saturated carbocycles. The third kappa shape index (κ3) is 3.26. The molecule has 4 N–H and O–H groups in total. The van der Waals surface area contributed by atoms with Crippen LogP contribution in [-0.2, 0) is 39.2 Å². The number of methoxy groups -OCH3 is 1. The van der Waals surface area contributed by atoms with Crippen molar-refractivity contribution in [1.29, 1.82) is 0 Å². The van der Waals surface area contributed by atoms with E-state index < -0.39 is 35.1 Å². The van der Waals surface area contributed by atoms with Gasteiger partial charge in [-0.05, 0) is 12.5 Å². The summed E-state index contributed by atoms with van der Waals surface area (Å²) in [6.45, 7) is 0. The van der Waals surface area contributed by atoms with Gasteiger partial charge in [-0.3, -0.25) is 9.68 Å². The van der Waals surface area contributed by atoms with Crippen molar-refractivity contribution in [2.24, 2.45) is 11.5 Å². The zero-order chi connectivity index (χ0) is 19.8. The second kappa shape index (κ2) is 8.08. The van der Waals surface area contributed by atoms with Crippen molar-refractivity contribution >= 4 is 46.4 Å². The van der Waals surface area contributed by atoms with Crippen LogP contribution in [-0.4, -0.2) is 36.6 Å². The number of primary amides is 1. The number of rotatable bonds is 6. The van der Waals surface area contributed by atoms with Gasteiger partial charge in [0.1, 0.15) is 5.76 Å². The largest absolute Gasteiger partial charge is 0.497 e. The molecule has 9 nitrogen and oxygen atoms in total. The molecule has 1 amide bonds. The summed E-state index contributed by atoms with van der Waals surface area (Å²) in [5, 5.41) is 0.183. The average Bonchev–Trinajstić information content (AvgIpc) is 3.13. The van der Waals surface area contributed by atoms with Crippen LogP contribution in [0.25, 0.3) is 0 Å². The normalized spacial score (nSPS) is 28.8. The van der Waals surface area contributed by atoms with Crippen LogP contribution >= 0.6 is 28.6 Å². The monoisotopic (exact) mass is 476 g/mol. The van der Waals surface area contributed by atoms with Crippen LogP contribution < -0.4 is 11.5 Å². The van der Waals surface area contributed by atoms with Gasteiger partial charge in [0.05, 0.1) is 13.2 Å². The molecule has 0 radical (unpaired) electrons. The molecule has 0 bridgehead atoms. The van der Waals surface area contributed by atoms with E-state index in [4.69, 9.17) is 42.3 Å². The number of benzene rings is 1. The van der Waals surface area contributed by atoms with Crippen molar-refractivity contribution in [3.05, 3.63) is 46.7 Å². The maximum absolute atomic E-state index is 12.6. The first-order valence-electron chi connectivity index (χ1n) is 7.94. The first-order chi connectivity index (χ1) is 12.8. The second-order valence-corrected chi connectivity index (χ2v) is 6.58. The standard InChI is InChI=1S/C17H17ClN2O7.BrH/c1-24-11-8-13(22)25-14(11)17(9-4-2-3-5-10(9)18)16(20,7-6-12(19)21)15(23)26-27-17;/h2-5,8,14H,6-7,20H2,1H3,(H2,19,21);1H/t14?,16-,17?;/m0./s1. The third-order valence-corrected chi connectivity index (χ3v) is 5.00. The molecule has 0 aromatic heterocycles. The smallest absolute Gasteiger partial charge is 0.365 e. The van der Waals surface area contributed by atoms with Gasteiger partial charge in [0.2, 0.25) is 11.5 Å². The number of hydrogen-bond donors (Lipinski definition) is 2. The summed E-state index contributed by atoms with van der Waals surface area (Å²) in [7, 11) is 1.32. The van der Waals surface area contributed by atoms with E-state index in [0.717, 1.165) is 6.08 Å². The lowest BCUT2D eigenvalue weighted by molar-refractivity contribution is -0.320. The molecular formula is C17H18BrClN2O7. The van der Waals surface area contributed by atoms with Crippen molar-refractivity contribution < 1.29 is 33.6 Å². The van der Waals surface area contributed by atoms with Gasteiger partial charge in [-0.1, -0.05) is 29.8 Å². The maximum atomic E-state index is 12.6. The third-order valence-electron chi connectivity index (χ3n) is 4.67. The highest BCUT2D eigenvalue weighted by atomic mass is 79.9. The van der Waals surface area contributed by atoms with Crippen LogP contribution in [0.2, 0.25) is 5.02 Å². The molecule has 2 aliphatic heterocycles. The number of halogens is 2. The fourth-order valence-corrected chi connectivity index (χ4v) is 3.60. The predicted octanol–water partition coefficient (Wildman–Crippen LogP) is 1.02. The summed E-state index contributed by atoms with van der Waals surface area (Å²) in [6, 6.07) is 6.39. The molecule has 11 heteroatoms. The lowest BCUT2D eigenvalue weighted by Gasteiger charge is -2.40. The van der Waals surface area contributed by atoms with Gasteiger partial charge in [0.25, 0.3) is 0 Å². The lowest BCUT2D eigenvalue weighted by atomic mass is 9.69. The number of carbonyl (C=O) groups excluding carboxylic acids is 3. The van der Waals surface area contributed by atoms with Gasteiger partial charge < -0.3 is 20.9 Å². The van der Waals surface area contributed by atoms with Gasteiger partial charge in [0.15, 0.2) is 11.6 Å². The van der Waals surface area contributed by atoms with Crippen molar-refractivity contribution in [2.45, 2.75) is 30.1 Å². The summed E-state index contributed by atoms with van der Waals surface area (Å²) >= 11 is 6.34. The van der Waals surface area contributed by atoms with Gasteiger partial charge in [-0.2, -0.15) is 4.89 Å². The zero-order valence-electron chi connectivity index (χ0n) is 14.7. The van der Waals surface area contributed by atoms with Crippen molar-refractivity contribution in [2.75, 3.05) is 7.11 Å². The topological polar surface area (TPSA) is 140 Å². The van der Waals surface area contributed by atoms with E-state index in [1.165, 1.54) is 7.11 Å². The van der Waals surface area contributed by atoms with Crippen LogP contribution in [0.1, 0.15) is 18.4 Å². The molecule has 1 fully saturated rings. The highest BCUT2D eigenvalue weighted by Crippen LogP contribution is 2.52. The SMILES string of the molecule is Br.COC1=CC(=O)OC1C1(c2ccccc2Cl)OOC(=O)[C@@]1(N)CCC(N)=O. The van der Waals surface area contributed by atoms with Gasteiger partial charge >= 0.3 is 11.9 Å². The number of amides is 1. The summed E-state index contributed by atoms with van der Waals surface area (Å²) in [5.74, 6) is -2.30. The molecule has 2 heterocycles. The highest BCUT2D eigenvalue weighted by molar-refractivity contribution is 8.93. The van der Waals surface area contributed by atoms with E-state index in [1.54, 1.807) is 24.3 Å². The molecule has 2 unspecified atom stereocenters. The Morgan fingerprint density at radius 1 is 1.32 bits per heavy atom. The minimum absolute atomic E-state index is 0. The van der Waals surface area contributed by atoms with Crippen molar-refractivity contribution in [3.8, 4) is 0 Å². The first-order valence-corrected chi connectivity index (χ1v) is 8.32. The fraction of sp³-hybridized carbons (Fsp3) is 0.353. The number of cyclic esters (lactones) is 1. The molecule has 2 aliphatic rings. The molecule has 28 heavy (non-hydrogen) atoms. The van der Waals surface area contributed by atoms with Gasteiger partial charge in [-0.25, -0.2) is 9.59 Å². The van der Waals surface area contributed by atoms with Gasteiger partial charge in [-0.15, -0.1) is 17.0 Å². The molecule has 3 atom stereocenters. The van der Waals surface area contributed by atoms with E-state index in [1.807, 2.05) is 0 Å². The van der Waals surface area contributed by atoms with Gasteiger partial charge in [0, 0.05) is 17.0 Å². The molecule has 0 spiro atoms. The van der Waals surface area contributed by atoms with E-state index >= 15 is 0 Å². The molecule has 1 aromatic rings. The Kier molecular flexibility index (Phi) is 6.39. The first kappa shape index (κ1) is 22.2. The fourth-order valence-electron chi connectivity index (χ4n) is 3.33. The Hall–Kier alpha value is -2.14. The second-order valence-electron chi connectivity index (χ2n) is 6.18. The average molecular weight is 478 g/mol. The Labute approximate surface area is 175 Å². The Morgan fingerprint density at radius 3 is 2.61 bits per heavy atom. The van der Waals surface area contributed by atoms with E-state index in [9.17, 15) is 14.4 Å². The summed E-state index contributed by atoms with van der Waals surface area (Å²) in [6.07, 6.45) is -0.658.